The molecule has 0 aromatic heterocycles. The quantitative estimate of drug-likeness (QED) is 0.650. The van der Waals surface area contributed by atoms with Crippen molar-refractivity contribution >= 4 is 0 Å². The highest BCUT2D eigenvalue weighted by molar-refractivity contribution is 5.56. The van der Waals surface area contributed by atoms with E-state index in [4.69, 9.17) is 4.74 Å². The van der Waals surface area contributed by atoms with E-state index >= 15 is 0 Å². The Labute approximate surface area is 128 Å². The van der Waals surface area contributed by atoms with Crippen molar-refractivity contribution in [1.29, 1.82) is 0 Å². The van der Waals surface area contributed by atoms with E-state index < -0.39 is 5.60 Å². The number of rotatable bonds is 3. The van der Waals surface area contributed by atoms with Gasteiger partial charge in [0, 0.05) is 11.1 Å². The van der Waals surface area contributed by atoms with Gasteiger partial charge in [-0.3, -0.25) is 0 Å². The third kappa shape index (κ3) is 2.19. The minimum Gasteiger partial charge on any atom is -0.504 e. The minimum absolute atomic E-state index is 0.0917. The van der Waals surface area contributed by atoms with Crippen molar-refractivity contribution in [3.63, 3.8) is 0 Å². The Morgan fingerprint density at radius 3 is 2.68 bits per heavy atom. The van der Waals surface area contributed by atoms with Gasteiger partial charge >= 0.3 is 0 Å². The van der Waals surface area contributed by atoms with Crippen LogP contribution in [0.15, 0.2) is 36.4 Å². The van der Waals surface area contributed by atoms with E-state index in [0.29, 0.717) is 35.4 Å². The molecule has 5 nitrogen and oxygen atoms in total. The Morgan fingerprint density at radius 1 is 1.14 bits per heavy atom. The van der Waals surface area contributed by atoms with Crippen molar-refractivity contribution < 1.29 is 20.1 Å². The Morgan fingerprint density at radius 2 is 1.91 bits per heavy atom. The molecule has 1 heterocycles. The molecule has 1 atom stereocenters. The van der Waals surface area contributed by atoms with Gasteiger partial charge in [0.05, 0.1) is 0 Å². The lowest BCUT2D eigenvalue weighted by Gasteiger charge is -2.30. The van der Waals surface area contributed by atoms with E-state index in [1.54, 1.807) is 12.1 Å². The normalized spacial score (nSPS) is 19.7. The van der Waals surface area contributed by atoms with Gasteiger partial charge in [0.15, 0.2) is 11.5 Å². The Balaban J connectivity index is 2.24. The molecule has 0 bridgehead atoms. The molecule has 0 saturated carbocycles. The first-order valence-corrected chi connectivity index (χ1v) is 7.21. The van der Waals surface area contributed by atoms with Gasteiger partial charge in [-0.2, -0.15) is 0 Å². The van der Waals surface area contributed by atoms with E-state index in [1.165, 1.54) is 6.07 Å². The molecule has 1 aliphatic heterocycles. The molecule has 116 valence electrons. The van der Waals surface area contributed by atoms with E-state index in [1.807, 2.05) is 25.2 Å². The zero-order chi connectivity index (χ0) is 15.7. The molecule has 1 unspecified atom stereocenters. The third-order valence-corrected chi connectivity index (χ3v) is 4.15. The van der Waals surface area contributed by atoms with Gasteiger partial charge in [0.2, 0.25) is 0 Å². The highest BCUT2D eigenvalue weighted by atomic mass is 16.5. The summed E-state index contributed by atoms with van der Waals surface area (Å²) in [6.07, 6.45) is 0.418. The summed E-state index contributed by atoms with van der Waals surface area (Å²) in [5.41, 5.74) is 0.336. The number of phenols is 2. The number of benzene rings is 2. The molecular formula is C17H19NO4. The van der Waals surface area contributed by atoms with Crippen LogP contribution in [-0.4, -0.2) is 28.9 Å². The first-order chi connectivity index (χ1) is 10.6. The molecule has 0 fully saturated rings. The molecule has 2 aromatic rings. The van der Waals surface area contributed by atoms with Gasteiger partial charge in [0.25, 0.3) is 0 Å². The second kappa shape index (κ2) is 5.51. The summed E-state index contributed by atoms with van der Waals surface area (Å²) in [4.78, 5) is 0. The number of hydrogen-bond donors (Lipinski definition) is 4. The summed E-state index contributed by atoms with van der Waals surface area (Å²) in [6.45, 7) is 0.681. The molecule has 5 heteroatoms. The molecule has 0 saturated heterocycles. The lowest BCUT2D eigenvalue weighted by molar-refractivity contribution is 0.0707. The summed E-state index contributed by atoms with van der Waals surface area (Å²) >= 11 is 0. The summed E-state index contributed by atoms with van der Waals surface area (Å²) < 4.78 is 5.73. The average molecular weight is 301 g/mol. The molecule has 0 spiro atoms. The Hall–Kier alpha value is -2.24. The monoisotopic (exact) mass is 301 g/mol. The van der Waals surface area contributed by atoms with Crippen molar-refractivity contribution in [3.05, 3.63) is 53.1 Å². The van der Waals surface area contributed by atoms with Crippen molar-refractivity contribution in [2.75, 3.05) is 13.6 Å². The van der Waals surface area contributed by atoms with E-state index in [9.17, 15) is 15.3 Å². The van der Waals surface area contributed by atoms with Crippen molar-refractivity contribution in [3.8, 4) is 17.2 Å². The standard InChI is InChI=1S/C17H19NO4/c1-18-9-8-17(21)12-6-7-14(19)16(20)11(12)10-22-15-5-3-2-4-13(15)17/h2-7,18-21H,8-10H2,1H3. The van der Waals surface area contributed by atoms with Crippen LogP contribution in [0.2, 0.25) is 0 Å². The zero-order valence-electron chi connectivity index (χ0n) is 12.3. The van der Waals surface area contributed by atoms with Crippen LogP contribution in [0, 0.1) is 0 Å². The molecule has 2 aromatic carbocycles. The van der Waals surface area contributed by atoms with Gasteiger partial charge in [-0.1, -0.05) is 24.3 Å². The van der Waals surface area contributed by atoms with Crippen LogP contribution in [0.3, 0.4) is 0 Å². The summed E-state index contributed by atoms with van der Waals surface area (Å²) in [7, 11) is 1.82. The minimum atomic E-state index is -1.30. The first-order valence-electron chi connectivity index (χ1n) is 7.21. The second-order valence-corrected chi connectivity index (χ2v) is 5.46. The van der Waals surface area contributed by atoms with Gasteiger partial charge in [-0.15, -0.1) is 0 Å². The predicted molar refractivity (Wildman–Crippen MR) is 82.1 cm³/mol. The fourth-order valence-electron chi connectivity index (χ4n) is 2.96. The molecule has 0 radical (unpaired) electrons. The van der Waals surface area contributed by atoms with Crippen LogP contribution < -0.4 is 10.1 Å². The fourth-order valence-corrected chi connectivity index (χ4v) is 2.96. The molecule has 1 aliphatic rings. The zero-order valence-corrected chi connectivity index (χ0v) is 12.3. The highest BCUT2D eigenvalue weighted by Crippen LogP contribution is 2.46. The number of aliphatic hydroxyl groups is 1. The molecule has 3 rings (SSSR count). The van der Waals surface area contributed by atoms with Crippen molar-refractivity contribution in [2.24, 2.45) is 0 Å². The number of phenolic OH excluding ortho intramolecular Hbond substituents is 2. The van der Waals surface area contributed by atoms with Crippen LogP contribution >= 0.6 is 0 Å². The van der Waals surface area contributed by atoms with Crippen molar-refractivity contribution in [2.45, 2.75) is 18.6 Å². The van der Waals surface area contributed by atoms with Crippen LogP contribution in [0.4, 0.5) is 0 Å². The fraction of sp³-hybridized carbons (Fsp3) is 0.294. The molecular weight excluding hydrogens is 282 g/mol. The SMILES string of the molecule is CNCCC1(O)c2ccccc2OCc2c1ccc(O)c2O. The number of aromatic hydroxyl groups is 2. The number of para-hydroxylation sites is 1. The lowest BCUT2D eigenvalue weighted by Crippen LogP contribution is -2.31. The molecule has 0 aliphatic carbocycles. The molecule has 4 N–H and O–H groups in total. The lowest BCUT2D eigenvalue weighted by atomic mass is 9.81. The summed E-state index contributed by atoms with van der Waals surface area (Å²) in [6, 6.07) is 10.3. The third-order valence-electron chi connectivity index (χ3n) is 4.15. The highest BCUT2D eigenvalue weighted by Gasteiger charge is 2.39. The molecule has 0 amide bonds. The van der Waals surface area contributed by atoms with E-state index in [0.717, 1.165) is 0 Å². The van der Waals surface area contributed by atoms with Gasteiger partial charge in [-0.05, 0) is 37.7 Å². The molecule has 22 heavy (non-hydrogen) atoms. The number of ether oxygens (including phenoxy) is 1. The van der Waals surface area contributed by atoms with Crippen LogP contribution in [0.1, 0.15) is 23.1 Å². The predicted octanol–water partition coefficient (Wildman–Crippen LogP) is 1.84. The summed E-state index contributed by atoms with van der Waals surface area (Å²) in [5, 5.41) is 34.3. The average Bonchev–Trinajstić information content (AvgIpc) is 2.65. The van der Waals surface area contributed by atoms with Crippen molar-refractivity contribution in [1.82, 2.24) is 5.32 Å². The Kier molecular flexibility index (Phi) is 3.68. The van der Waals surface area contributed by atoms with Gasteiger partial charge in [0.1, 0.15) is 18.0 Å². The maximum atomic E-state index is 11.4. The van der Waals surface area contributed by atoms with Crippen LogP contribution in [-0.2, 0) is 12.2 Å². The maximum absolute atomic E-state index is 11.4. The van der Waals surface area contributed by atoms with E-state index in [-0.39, 0.29) is 18.1 Å². The van der Waals surface area contributed by atoms with E-state index in [2.05, 4.69) is 5.32 Å². The van der Waals surface area contributed by atoms with Crippen LogP contribution in [0.5, 0.6) is 17.2 Å². The first kappa shape index (κ1) is 14.7. The smallest absolute Gasteiger partial charge is 0.164 e. The van der Waals surface area contributed by atoms with Gasteiger partial charge in [-0.25, -0.2) is 0 Å². The summed E-state index contributed by atoms with van der Waals surface area (Å²) in [5.74, 6) is 0.119. The number of hydrogen-bond acceptors (Lipinski definition) is 5. The maximum Gasteiger partial charge on any atom is 0.164 e. The topological polar surface area (TPSA) is 82.0 Å². The van der Waals surface area contributed by atoms with Crippen LogP contribution in [0.25, 0.3) is 0 Å². The number of fused-ring (bicyclic) bond motifs is 2. The second-order valence-electron chi connectivity index (χ2n) is 5.46. The van der Waals surface area contributed by atoms with Gasteiger partial charge < -0.3 is 25.4 Å². The Bertz CT molecular complexity index is 701. The number of nitrogens with one attached hydrogen (secondary N) is 1. The largest absolute Gasteiger partial charge is 0.504 e.